The van der Waals surface area contributed by atoms with Crippen molar-refractivity contribution in [3.63, 3.8) is 0 Å². The minimum atomic E-state index is -0.458. The van der Waals surface area contributed by atoms with Gasteiger partial charge in [-0.2, -0.15) is 0 Å². The zero-order chi connectivity index (χ0) is 15.2. The van der Waals surface area contributed by atoms with E-state index in [-0.39, 0.29) is 11.9 Å². The monoisotopic (exact) mass is 294 g/mol. The summed E-state index contributed by atoms with van der Waals surface area (Å²) in [7, 11) is 0. The predicted molar refractivity (Wildman–Crippen MR) is 79.8 cm³/mol. The minimum Gasteiger partial charge on any atom is -0.490 e. The molecule has 6 heteroatoms. The van der Waals surface area contributed by atoms with Crippen molar-refractivity contribution < 1.29 is 19.4 Å². The highest BCUT2D eigenvalue weighted by Crippen LogP contribution is 2.30. The van der Waals surface area contributed by atoms with Crippen molar-refractivity contribution in [2.24, 2.45) is 0 Å². The van der Waals surface area contributed by atoms with E-state index in [0.29, 0.717) is 43.4 Å². The lowest BCUT2D eigenvalue weighted by molar-refractivity contribution is -0.117. The maximum Gasteiger partial charge on any atom is 0.241 e. The molecule has 1 fully saturated rings. The molecule has 1 aliphatic heterocycles. The number of carbonyl (C=O) groups is 1. The van der Waals surface area contributed by atoms with Crippen LogP contribution in [0.2, 0.25) is 0 Å². The molecule has 0 saturated carbocycles. The van der Waals surface area contributed by atoms with E-state index >= 15 is 0 Å². The van der Waals surface area contributed by atoms with Gasteiger partial charge in [-0.05, 0) is 32.4 Å². The van der Waals surface area contributed by atoms with Crippen LogP contribution in [0.15, 0.2) is 18.2 Å². The van der Waals surface area contributed by atoms with Gasteiger partial charge < -0.3 is 25.2 Å². The molecule has 6 nitrogen and oxygen atoms in total. The van der Waals surface area contributed by atoms with Gasteiger partial charge >= 0.3 is 0 Å². The highest BCUT2D eigenvalue weighted by molar-refractivity contribution is 5.95. The Morgan fingerprint density at radius 3 is 2.67 bits per heavy atom. The molecule has 1 amide bonds. The van der Waals surface area contributed by atoms with Crippen LogP contribution in [0, 0.1) is 0 Å². The lowest BCUT2D eigenvalue weighted by Crippen LogP contribution is -2.35. The molecule has 2 atom stereocenters. The van der Waals surface area contributed by atoms with Gasteiger partial charge in [0.2, 0.25) is 5.91 Å². The molecule has 0 aromatic heterocycles. The molecular weight excluding hydrogens is 272 g/mol. The highest BCUT2D eigenvalue weighted by atomic mass is 16.5. The molecule has 0 bridgehead atoms. The quantitative estimate of drug-likeness (QED) is 0.733. The lowest BCUT2D eigenvalue weighted by atomic mass is 10.2. The van der Waals surface area contributed by atoms with Gasteiger partial charge in [0.15, 0.2) is 11.5 Å². The summed E-state index contributed by atoms with van der Waals surface area (Å²) in [5, 5.41) is 15.2. The SMILES string of the molecule is CCOc1ccc(NC(=O)C2CC(O)CN2)cc1OCC. The largest absolute Gasteiger partial charge is 0.490 e. The molecule has 21 heavy (non-hydrogen) atoms. The molecule has 1 heterocycles. The van der Waals surface area contributed by atoms with Gasteiger partial charge in [0.05, 0.1) is 25.4 Å². The standard InChI is InChI=1S/C15H22N2O4/c1-3-20-13-6-5-10(7-14(13)21-4-2)17-15(19)12-8-11(18)9-16-12/h5-7,11-12,16,18H,3-4,8-9H2,1-2H3,(H,17,19). The van der Waals surface area contributed by atoms with Crippen LogP contribution < -0.4 is 20.1 Å². The third-order valence-electron chi connectivity index (χ3n) is 3.24. The summed E-state index contributed by atoms with van der Waals surface area (Å²) < 4.78 is 11.0. The number of rotatable bonds is 6. The van der Waals surface area contributed by atoms with E-state index in [2.05, 4.69) is 10.6 Å². The number of nitrogens with one attached hydrogen (secondary N) is 2. The Morgan fingerprint density at radius 1 is 1.33 bits per heavy atom. The van der Waals surface area contributed by atoms with Crippen LogP contribution in [0.1, 0.15) is 20.3 Å². The van der Waals surface area contributed by atoms with Crippen molar-refractivity contribution in [1.29, 1.82) is 0 Å². The minimum absolute atomic E-state index is 0.154. The first-order valence-corrected chi connectivity index (χ1v) is 7.26. The Labute approximate surface area is 124 Å². The number of hydrogen-bond acceptors (Lipinski definition) is 5. The second-order valence-corrected chi connectivity index (χ2v) is 4.87. The molecule has 2 unspecified atom stereocenters. The Balaban J connectivity index is 2.05. The number of β-amino-alcohol motifs (C(OH)–C–C–N with tert-alkyl or cyclic N) is 1. The number of anilines is 1. The predicted octanol–water partition coefficient (Wildman–Crippen LogP) is 1.15. The molecule has 2 rings (SSSR count). The number of benzene rings is 1. The summed E-state index contributed by atoms with van der Waals surface area (Å²) >= 11 is 0. The molecule has 116 valence electrons. The van der Waals surface area contributed by atoms with Crippen molar-refractivity contribution in [2.45, 2.75) is 32.4 Å². The number of amides is 1. The number of aliphatic hydroxyl groups is 1. The molecule has 3 N–H and O–H groups in total. The normalized spacial score (nSPS) is 21.1. The molecule has 1 aliphatic rings. The van der Waals surface area contributed by atoms with Crippen molar-refractivity contribution in [1.82, 2.24) is 5.32 Å². The number of carbonyl (C=O) groups excluding carboxylic acids is 1. The summed E-state index contributed by atoms with van der Waals surface area (Å²) in [4.78, 5) is 12.1. The summed E-state index contributed by atoms with van der Waals surface area (Å²) in [6.07, 6.45) is -0.0265. The second kappa shape index (κ2) is 7.28. The number of ether oxygens (including phenoxy) is 2. The molecule has 1 saturated heterocycles. The fourth-order valence-electron chi connectivity index (χ4n) is 2.28. The van der Waals surface area contributed by atoms with Crippen LogP contribution in [-0.2, 0) is 4.79 Å². The average molecular weight is 294 g/mol. The van der Waals surface area contributed by atoms with Crippen LogP contribution in [0.3, 0.4) is 0 Å². The van der Waals surface area contributed by atoms with E-state index in [0.717, 1.165) is 0 Å². The summed E-state index contributed by atoms with van der Waals surface area (Å²) in [6.45, 7) is 5.32. The molecule has 0 radical (unpaired) electrons. The van der Waals surface area contributed by atoms with Gasteiger partial charge in [-0.15, -0.1) is 0 Å². The maximum absolute atomic E-state index is 12.1. The second-order valence-electron chi connectivity index (χ2n) is 4.87. The van der Waals surface area contributed by atoms with E-state index in [9.17, 15) is 9.90 Å². The summed E-state index contributed by atoms with van der Waals surface area (Å²) in [6, 6.07) is 4.94. The van der Waals surface area contributed by atoms with Crippen molar-refractivity contribution in [3.05, 3.63) is 18.2 Å². The molecule has 1 aromatic rings. The average Bonchev–Trinajstić information content (AvgIpc) is 2.89. The Bertz CT molecular complexity index is 493. The van der Waals surface area contributed by atoms with Gasteiger partial charge in [0.25, 0.3) is 0 Å². The van der Waals surface area contributed by atoms with Gasteiger partial charge in [0.1, 0.15) is 0 Å². The van der Waals surface area contributed by atoms with Crippen molar-refractivity contribution in [3.8, 4) is 11.5 Å². The highest BCUT2D eigenvalue weighted by Gasteiger charge is 2.28. The topological polar surface area (TPSA) is 79.8 Å². The fraction of sp³-hybridized carbons (Fsp3) is 0.533. The fourth-order valence-corrected chi connectivity index (χ4v) is 2.28. The van der Waals surface area contributed by atoms with E-state index in [1.54, 1.807) is 18.2 Å². The first-order valence-electron chi connectivity index (χ1n) is 7.26. The van der Waals surface area contributed by atoms with Gasteiger partial charge in [-0.25, -0.2) is 0 Å². The third-order valence-corrected chi connectivity index (χ3v) is 3.24. The smallest absolute Gasteiger partial charge is 0.241 e. The summed E-state index contributed by atoms with van der Waals surface area (Å²) in [5.41, 5.74) is 0.648. The third kappa shape index (κ3) is 4.09. The van der Waals surface area contributed by atoms with E-state index < -0.39 is 6.10 Å². The van der Waals surface area contributed by atoms with E-state index in [4.69, 9.17) is 9.47 Å². The summed E-state index contributed by atoms with van der Waals surface area (Å²) in [5.74, 6) is 1.11. The Morgan fingerprint density at radius 2 is 2.05 bits per heavy atom. The lowest BCUT2D eigenvalue weighted by Gasteiger charge is -2.14. The van der Waals surface area contributed by atoms with Crippen molar-refractivity contribution >= 4 is 11.6 Å². The Hall–Kier alpha value is -1.79. The van der Waals surface area contributed by atoms with Crippen LogP contribution in [0.25, 0.3) is 0 Å². The molecular formula is C15H22N2O4. The number of hydrogen-bond donors (Lipinski definition) is 3. The van der Waals surface area contributed by atoms with Crippen LogP contribution in [0.4, 0.5) is 5.69 Å². The van der Waals surface area contributed by atoms with Crippen LogP contribution in [-0.4, -0.2) is 42.9 Å². The van der Waals surface area contributed by atoms with Gasteiger partial charge in [-0.1, -0.05) is 0 Å². The number of aliphatic hydroxyl groups excluding tert-OH is 1. The van der Waals surface area contributed by atoms with Crippen LogP contribution >= 0.6 is 0 Å². The van der Waals surface area contributed by atoms with Crippen molar-refractivity contribution in [2.75, 3.05) is 25.1 Å². The van der Waals surface area contributed by atoms with Gasteiger partial charge in [0, 0.05) is 18.3 Å². The maximum atomic E-state index is 12.1. The molecule has 0 spiro atoms. The Kier molecular flexibility index (Phi) is 5.41. The van der Waals surface area contributed by atoms with Crippen LogP contribution in [0.5, 0.6) is 11.5 Å². The van der Waals surface area contributed by atoms with E-state index in [1.165, 1.54) is 0 Å². The molecule has 1 aromatic carbocycles. The first-order chi connectivity index (χ1) is 10.1. The molecule has 0 aliphatic carbocycles. The zero-order valence-electron chi connectivity index (χ0n) is 12.4. The first kappa shape index (κ1) is 15.6. The van der Waals surface area contributed by atoms with E-state index in [1.807, 2.05) is 13.8 Å². The van der Waals surface area contributed by atoms with Gasteiger partial charge in [-0.3, -0.25) is 4.79 Å². The zero-order valence-corrected chi connectivity index (χ0v) is 12.4.